The first-order valence-corrected chi connectivity index (χ1v) is 5.99. The summed E-state index contributed by atoms with van der Waals surface area (Å²) < 4.78 is 0. The molecule has 1 aromatic carbocycles. The Morgan fingerprint density at radius 3 is 2.72 bits per heavy atom. The number of carboxylic acids is 1. The number of rotatable bonds is 4. The maximum Gasteiger partial charge on any atom is 0.365 e. The molecule has 0 saturated heterocycles. The lowest BCUT2D eigenvalue weighted by atomic mass is 10.2. The molecule has 0 radical (unpaired) electrons. The molecule has 0 bridgehead atoms. The summed E-state index contributed by atoms with van der Waals surface area (Å²) in [6.45, 7) is 0.454. The van der Waals surface area contributed by atoms with Crippen molar-refractivity contribution in [1.29, 1.82) is 5.26 Å². The van der Waals surface area contributed by atoms with Crippen molar-refractivity contribution in [2.45, 2.75) is 6.54 Å². The number of nitrogens with zero attached hydrogens (tertiary/aromatic N) is 2. The predicted octanol–water partition coefficient (Wildman–Crippen LogP) is 2.33. The zero-order valence-corrected chi connectivity index (χ0v) is 10.1. The minimum absolute atomic E-state index is 0.0895. The van der Waals surface area contributed by atoms with Crippen molar-refractivity contribution in [1.82, 2.24) is 4.98 Å². The first-order valence-electron chi connectivity index (χ1n) is 5.11. The first kappa shape index (κ1) is 12.1. The highest BCUT2D eigenvalue weighted by Crippen LogP contribution is 2.13. The van der Waals surface area contributed by atoms with Gasteiger partial charge < -0.3 is 10.4 Å². The normalized spacial score (nSPS) is 9.72. The van der Waals surface area contributed by atoms with Gasteiger partial charge in [-0.15, -0.1) is 11.3 Å². The molecule has 0 unspecified atom stereocenters. The van der Waals surface area contributed by atoms with Gasteiger partial charge >= 0.3 is 5.97 Å². The lowest BCUT2D eigenvalue weighted by molar-refractivity contribution is 0.0696. The zero-order chi connectivity index (χ0) is 13.0. The number of nitriles is 1. The van der Waals surface area contributed by atoms with Crippen molar-refractivity contribution in [2.75, 3.05) is 5.32 Å². The minimum atomic E-state index is -1.01. The van der Waals surface area contributed by atoms with Gasteiger partial charge in [0.05, 0.1) is 23.9 Å². The van der Waals surface area contributed by atoms with E-state index in [9.17, 15) is 4.79 Å². The van der Waals surface area contributed by atoms with E-state index in [-0.39, 0.29) is 5.01 Å². The maximum absolute atomic E-state index is 10.7. The van der Waals surface area contributed by atoms with Gasteiger partial charge in [0, 0.05) is 11.1 Å². The monoisotopic (exact) mass is 259 g/mol. The van der Waals surface area contributed by atoms with E-state index in [1.807, 2.05) is 6.07 Å². The van der Waals surface area contributed by atoms with Crippen LogP contribution in [0.3, 0.4) is 0 Å². The highest BCUT2D eigenvalue weighted by molar-refractivity contribution is 7.11. The molecule has 1 heterocycles. The summed E-state index contributed by atoms with van der Waals surface area (Å²) in [6, 6.07) is 9.06. The minimum Gasteiger partial charge on any atom is -0.476 e. The van der Waals surface area contributed by atoms with Crippen LogP contribution < -0.4 is 5.32 Å². The Morgan fingerprint density at radius 2 is 2.17 bits per heavy atom. The standard InChI is InChI=1S/C12H9N3O2S/c13-5-8-1-3-9(4-2-8)14-6-10-7-18-11(15-10)12(16)17/h1-4,7,14H,6H2,(H,16,17). The van der Waals surface area contributed by atoms with Crippen LogP contribution in [0.1, 0.15) is 21.1 Å². The number of carbonyl (C=O) groups is 1. The molecule has 2 rings (SSSR count). The van der Waals surface area contributed by atoms with E-state index in [0.717, 1.165) is 17.0 Å². The van der Waals surface area contributed by atoms with Crippen LogP contribution in [0, 0.1) is 11.3 Å². The highest BCUT2D eigenvalue weighted by Gasteiger charge is 2.08. The van der Waals surface area contributed by atoms with E-state index in [2.05, 4.69) is 10.3 Å². The van der Waals surface area contributed by atoms with Gasteiger partial charge in [-0.1, -0.05) is 0 Å². The molecule has 0 spiro atoms. The predicted molar refractivity (Wildman–Crippen MR) is 67.6 cm³/mol. The summed E-state index contributed by atoms with van der Waals surface area (Å²) in [5, 5.41) is 22.3. The van der Waals surface area contributed by atoms with Crippen molar-refractivity contribution in [3.05, 3.63) is 45.9 Å². The van der Waals surface area contributed by atoms with E-state index >= 15 is 0 Å². The molecule has 0 aliphatic rings. The van der Waals surface area contributed by atoms with Crippen LogP contribution in [0.5, 0.6) is 0 Å². The molecule has 0 saturated carbocycles. The molecule has 0 aliphatic heterocycles. The number of nitrogens with one attached hydrogen (secondary N) is 1. The van der Waals surface area contributed by atoms with Crippen molar-refractivity contribution in [3.8, 4) is 6.07 Å². The van der Waals surface area contributed by atoms with Crippen LogP contribution in [-0.4, -0.2) is 16.1 Å². The van der Waals surface area contributed by atoms with Gasteiger partial charge in [0.1, 0.15) is 0 Å². The Morgan fingerprint density at radius 1 is 1.44 bits per heavy atom. The average Bonchev–Trinajstić information content (AvgIpc) is 2.86. The molecule has 5 nitrogen and oxygen atoms in total. The van der Waals surface area contributed by atoms with Gasteiger partial charge in [-0.05, 0) is 24.3 Å². The van der Waals surface area contributed by atoms with E-state index in [1.165, 1.54) is 0 Å². The summed E-state index contributed by atoms with van der Waals surface area (Å²) >= 11 is 1.11. The molecule has 0 aliphatic carbocycles. The van der Waals surface area contributed by atoms with Crippen LogP contribution in [0.15, 0.2) is 29.6 Å². The van der Waals surface area contributed by atoms with Crippen LogP contribution in [0.4, 0.5) is 5.69 Å². The van der Waals surface area contributed by atoms with Crippen molar-refractivity contribution in [3.63, 3.8) is 0 Å². The third kappa shape index (κ3) is 2.84. The Kier molecular flexibility index (Phi) is 3.55. The average molecular weight is 259 g/mol. The molecule has 2 N–H and O–H groups in total. The summed E-state index contributed by atoms with van der Waals surface area (Å²) in [5.41, 5.74) is 2.14. The van der Waals surface area contributed by atoms with Crippen LogP contribution >= 0.6 is 11.3 Å². The van der Waals surface area contributed by atoms with E-state index in [1.54, 1.807) is 29.6 Å². The number of hydrogen-bond acceptors (Lipinski definition) is 5. The second kappa shape index (κ2) is 5.29. The summed E-state index contributed by atoms with van der Waals surface area (Å²) in [6.07, 6.45) is 0. The van der Waals surface area contributed by atoms with E-state index in [4.69, 9.17) is 10.4 Å². The fraction of sp³-hybridized carbons (Fsp3) is 0.0833. The second-order valence-electron chi connectivity index (χ2n) is 3.49. The summed E-state index contributed by atoms with van der Waals surface area (Å²) in [4.78, 5) is 14.6. The maximum atomic E-state index is 10.7. The van der Waals surface area contributed by atoms with Crippen LogP contribution in [0.2, 0.25) is 0 Å². The summed E-state index contributed by atoms with van der Waals surface area (Å²) in [7, 11) is 0. The van der Waals surface area contributed by atoms with Crippen molar-refractivity contribution >= 4 is 23.0 Å². The fourth-order valence-corrected chi connectivity index (χ4v) is 2.00. The van der Waals surface area contributed by atoms with Gasteiger partial charge in [0.2, 0.25) is 5.01 Å². The largest absolute Gasteiger partial charge is 0.476 e. The van der Waals surface area contributed by atoms with E-state index in [0.29, 0.717) is 17.8 Å². The molecular formula is C12H9N3O2S. The number of aromatic nitrogens is 1. The molecule has 0 amide bonds. The number of anilines is 1. The molecule has 0 atom stereocenters. The topological polar surface area (TPSA) is 86.0 Å². The molecular weight excluding hydrogens is 250 g/mol. The van der Waals surface area contributed by atoms with Crippen molar-refractivity contribution in [2.24, 2.45) is 0 Å². The quantitative estimate of drug-likeness (QED) is 0.880. The third-order valence-corrected chi connectivity index (χ3v) is 3.10. The molecule has 1 aromatic heterocycles. The molecule has 90 valence electrons. The molecule has 18 heavy (non-hydrogen) atoms. The third-order valence-electron chi connectivity index (χ3n) is 2.22. The second-order valence-corrected chi connectivity index (χ2v) is 4.35. The summed E-state index contributed by atoms with van der Waals surface area (Å²) in [5.74, 6) is -1.01. The Hall–Kier alpha value is -2.39. The van der Waals surface area contributed by atoms with Crippen LogP contribution in [0.25, 0.3) is 0 Å². The SMILES string of the molecule is N#Cc1ccc(NCc2csc(C(=O)O)n2)cc1. The lowest BCUT2D eigenvalue weighted by Crippen LogP contribution is -2.01. The number of benzene rings is 1. The van der Waals surface area contributed by atoms with E-state index < -0.39 is 5.97 Å². The molecule has 0 fully saturated rings. The van der Waals surface area contributed by atoms with Gasteiger partial charge in [0.15, 0.2) is 0 Å². The van der Waals surface area contributed by atoms with Gasteiger partial charge in [0.25, 0.3) is 0 Å². The highest BCUT2D eigenvalue weighted by atomic mass is 32.1. The first-order chi connectivity index (χ1) is 8.69. The van der Waals surface area contributed by atoms with Gasteiger partial charge in [-0.25, -0.2) is 9.78 Å². The Labute approximate surface area is 107 Å². The number of thiazole rings is 1. The number of carboxylic acid groups (broad SMARTS) is 1. The number of aromatic carboxylic acids is 1. The zero-order valence-electron chi connectivity index (χ0n) is 9.25. The fourth-order valence-electron chi connectivity index (χ4n) is 1.34. The smallest absolute Gasteiger partial charge is 0.365 e. The Bertz CT molecular complexity index is 599. The lowest BCUT2D eigenvalue weighted by Gasteiger charge is -2.03. The van der Waals surface area contributed by atoms with Crippen molar-refractivity contribution < 1.29 is 9.90 Å². The van der Waals surface area contributed by atoms with Gasteiger partial charge in [-0.3, -0.25) is 0 Å². The molecule has 6 heteroatoms. The molecule has 2 aromatic rings. The Balaban J connectivity index is 1.98. The van der Waals surface area contributed by atoms with Gasteiger partial charge in [-0.2, -0.15) is 5.26 Å². The number of hydrogen-bond donors (Lipinski definition) is 2. The van der Waals surface area contributed by atoms with Crippen LogP contribution in [-0.2, 0) is 6.54 Å².